The lowest BCUT2D eigenvalue weighted by atomic mass is 10.1. The quantitative estimate of drug-likeness (QED) is 0.103. The second kappa shape index (κ2) is 13.5. The lowest BCUT2D eigenvalue weighted by Gasteiger charge is -2.18. The molecular weight excluding hydrogens is 589 g/mol. The number of fused-ring (bicyclic) bond motifs is 2. The molecule has 0 aliphatic heterocycles. The number of thiophene rings is 1. The highest BCUT2D eigenvalue weighted by Gasteiger charge is 2.29. The van der Waals surface area contributed by atoms with E-state index in [4.69, 9.17) is 4.74 Å². The van der Waals surface area contributed by atoms with Gasteiger partial charge in [-0.15, -0.1) is 23.1 Å². The zero-order valence-corrected chi connectivity index (χ0v) is 25.9. The van der Waals surface area contributed by atoms with Crippen LogP contribution in [0.25, 0.3) is 10.8 Å². The second-order valence-electron chi connectivity index (χ2n) is 10.7. The molecule has 0 spiro atoms. The average Bonchev–Trinajstić information content (AvgIpc) is 3.22. The van der Waals surface area contributed by atoms with Crippen LogP contribution in [0.15, 0.2) is 102 Å². The molecule has 4 aromatic carbocycles. The van der Waals surface area contributed by atoms with E-state index < -0.39 is 11.2 Å². The van der Waals surface area contributed by atoms with Gasteiger partial charge in [0.05, 0.1) is 12.7 Å². The van der Waals surface area contributed by atoms with E-state index in [1.807, 2.05) is 97.1 Å². The van der Waals surface area contributed by atoms with Gasteiger partial charge in [0.15, 0.2) is 0 Å². The SMILES string of the molecule is COC(=O)c1c(NC(=O)C(Sc2cccc(NC(=O)c3ccc4ccccc4c3)c2)c2ccccc2)sc2c1CCCCC2. The monoisotopic (exact) mass is 620 g/mol. The maximum atomic E-state index is 14.0. The molecule has 1 atom stereocenters. The summed E-state index contributed by atoms with van der Waals surface area (Å²) in [7, 11) is 1.38. The molecule has 0 radical (unpaired) electrons. The van der Waals surface area contributed by atoms with Crippen LogP contribution >= 0.6 is 23.1 Å². The normalized spacial score (nSPS) is 13.4. The summed E-state index contributed by atoms with van der Waals surface area (Å²) in [4.78, 5) is 41.9. The Bertz CT molecular complexity index is 1830. The van der Waals surface area contributed by atoms with Crippen molar-refractivity contribution >= 4 is 62.3 Å². The molecule has 2 amide bonds. The standard InChI is InChI=1S/C36H32N2O4S2/c1-42-36(41)31-29-17-6-3-7-18-30(29)44-35(31)38-34(40)32(24-12-4-2-5-13-24)43-28-16-10-15-27(22-28)37-33(39)26-20-19-23-11-8-9-14-25(23)21-26/h2,4-5,8-16,19-22,32H,3,6-7,17-18H2,1H3,(H,37,39)(H,38,40). The van der Waals surface area contributed by atoms with Crippen LogP contribution in [0.2, 0.25) is 0 Å². The molecule has 1 unspecified atom stereocenters. The number of nitrogens with one attached hydrogen (secondary N) is 2. The number of carbonyl (C=O) groups excluding carboxylic acids is 3. The summed E-state index contributed by atoms with van der Waals surface area (Å²) in [5.74, 6) is -0.852. The zero-order valence-electron chi connectivity index (χ0n) is 24.3. The third-order valence-corrected chi connectivity index (χ3v) is 10.2. The van der Waals surface area contributed by atoms with Gasteiger partial charge in [-0.2, -0.15) is 0 Å². The third kappa shape index (κ3) is 6.56. The van der Waals surface area contributed by atoms with Gasteiger partial charge in [0.25, 0.3) is 5.91 Å². The third-order valence-electron chi connectivity index (χ3n) is 7.75. The molecule has 0 saturated carbocycles. The number of benzene rings is 4. The van der Waals surface area contributed by atoms with Crippen molar-refractivity contribution in [3.63, 3.8) is 0 Å². The van der Waals surface area contributed by atoms with Crippen molar-refractivity contribution in [1.29, 1.82) is 0 Å². The van der Waals surface area contributed by atoms with Crippen LogP contribution in [0.5, 0.6) is 0 Å². The minimum absolute atomic E-state index is 0.206. The number of carbonyl (C=O) groups is 3. The first kappa shape index (κ1) is 29.7. The first-order chi connectivity index (χ1) is 21.5. The first-order valence-corrected chi connectivity index (χ1v) is 16.4. The number of rotatable bonds is 8. The maximum absolute atomic E-state index is 14.0. The van der Waals surface area contributed by atoms with E-state index in [0.29, 0.717) is 21.8 Å². The van der Waals surface area contributed by atoms with Crippen molar-refractivity contribution in [2.75, 3.05) is 17.7 Å². The van der Waals surface area contributed by atoms with Crippen LogP contribution in [0.4, 0.5) is 10.7 Å². The van der Waals surface area contributed by atoms with Crippen LogP contribution in [0.1, 0.15) is 61.2 Å². The number of hydrogen-bond acceptors (Lipinski definition) is 6. The molecule has 222 valence electrons. The van der Waals surface area contributed by atoms with E-state index in [1.165, 1.54) is 30.2 Å². The number of anilines is 2. The van der Waals surface area contributed by atoms with Crippen LogP contribution in [0.3, 0.4) is 0 Å². The molecule has 2 N–H and O–H groups in total. The lowest BCUT2D eigenvalue weighted by molar-refractivity contribution is -0.115. The van der Waals surface area contributed by atoms with Gasteiger partial charge in [0.1, 0.15) is 10.3 Å². The van der Waals surface area contributed by atoms with E-state index in [1.54, 1.807) is 0 Å². The van der Waals surface area contributed by atoms with Crippen molar-refractivity contribution < 1.29 is 19.1 Å². The number of aryl methyl sites for hydroxylation is 1. The average molecular weight is 621 g/mol. The molecule has 6 nitrogen and oxygen atoms in total. The molecule has 1 heterocycles. The smallest absolute Gasteiger partial charge is 0.341 e. The van der Waals surface area contributed by atoms with Gasteiger partial charge in [-0.3, -0.25) is 9.59 Å². The summed E-state index contributed by atoms with van der Waals surface area (Å²) in [6.07, 6.45) is 4.91. The number of esters is 1. The Kier molecular flexibility index (Phi) is 9.09. The molecular formula is C36H32N2O4S2. The minimum atomic E-state index is -0.602. The topological polar surface area (TPSA) is 84.5 Å². The van der Waals surface area contributed by atoms with Crippen LogP contribution in [-0.2, 0) is 22.4 Å². The molecule has 0 bridgehead atoms. The number of ether oxygens (including phenoxy) is 1. The number of hydrogen-bond donors (Lipinski definition) is 2. The molecule has 5 aromatic rings. The van der Waals surface area contributed by atoms with Crippen molar-refractivity contribution in [3.05, 3.63) is 124 Å². The summed E-state index contributed by atoms with van der Waals surface area (Å²) < 4.78 is 5.14. The molecule has 8 heteroatoms. The Morgan fingerprint density at radius 1 is 0.795 bits per heavy atom. The van der Waals surface area contributed by atoms with Gasteiger partial charge >= 0.3 is 5.97 Å². The van der Waals surface area contributed by atoms with Crippen molar-refractivity contribution in [2.24, 2.45) is 0 Å². The minimum Gasteiger partial charge on any atom is -0.465 e. The van der Waals surface area contributed by atoms with Gasteiger partial charge in [-0.25, -0.2) is 4.79 Å². The van der Waals surface area contributed by atoms with Gasteiger partial charge in [0, 0.05) is 21.0 Å². The Labute approximate surface area is 264 Å². The highest BCUT2D eigenvalue weighted by atomic mass is 32.2. The van der Waals surface area contributed by atoms with Crippen molar-refractivity contribution in [2.45, 2.75) is 42.2 Å². The number of methoxy groups -OCH3 is 1. The van der Waals surface area contributed by atoms with E-state index in [9.17, 15) is 14.4 Å². The van der Waals surface area contributed by atoms with E-state index >= 15 is 0 Å². The van der Waals surface area contributed by atoms with Gasteiger partial charge in [-0.05, 0) is 77.9 Å². The summed E-state index contributed by atoms with van der Waals surface area (Å²) in [5, 5.41) is 8.11. The maximum Gasteiger partial charge on any atom is 0.341 e. The lowest BCUT2D eigenvalue weighted by Crippen LogP contribution is -2.20. The van der Waals surface area contributed by atoms with E-state index in [0.717, 1.165) is 63.8 Å². The van der Waals surface area contributed by atoms with Crippen LogP contribution in [0, 0.1) is 0 Å². The summed E-state index contributed by atoms with van der Waals surface area (Å²) >= 11 is 2.88. The van der Waals surface area contributed by atoms with Crippen molar-refractivity contribution in [3.8, 4) is 0 Å². The fraction of sp³-hybridized carbons (Fsp3) is 0.194. The largest absolute Gasteiger partial charge is 0.465 e. The summed E-state index contributed by atoms with van der Waals surface area (Å²) in [6.45, 7) is 0. The van der Waals surface area contributed by atoms with E-state index in [-0.39, 0.29) is 11.8 Å². The number of amides is 2. The highest BCUT2D eigenvalue weighted by Crippen LogP contribution is 2.41. The second-order valence-corrected chi connectivity index (χ2v) is 13.0. The molecule has 6 rings (SSSR count). The van der Waals surface area contributed by atoms with Gasteiger partial charge in [-0.1, -0.05) is 73.2 Å². The molecule has 1 aliphatic carbocycles. The van der Waals surface area contributed by atoms with E-state index in [2.05, 4.69) is 10.6 Å². The fourth-order valence-corrected chi connectivity index (χ4v) is 7.91. The first-order valence-electron chi connectivity index (χ1n) is 14.7. The Hall–Kier alpha value is -4.40. The Balaban J connectivity index is 1.24. The van der Waals surface area contributed by atoms with Crippen LogP contribution < -0.4 is 10.6 Å². The molecule has 44 heavy (non-hydrogen) atoms. The Morgan fingerprint density at radius 2 is 1.57 bits per heavy atom. The fourth-order valence-electron chi connectivity index (χ4n) is 5.54. The molecule has 1 aromatic heterocycles. The molecule has 0 fully saturated rings. The Morgan fingerprint density at radius 3 is 2.39 bits per heavy atom. The predicted octanol–water partition coefficient (Wildman–Crippen LogP) is 8.68. The van der Waals surface area contributed by atoms with Gasteiger partial charge < -0.3 is 15.4 Å². The van der Waals surface area contributed by atoms with Crippen LogP contribution in [-0.4, -0.2) is 24.9 Å². The van der Waals surface area contributed by atoms with Gasteiger partial charge in [0.2, 0.25) is 5.91 Å². The summed E-state index contributed by atoms with van der Waals surface area (Å²) in [6, 6.07) is 30.6. The zero-order chi connectivity index (χ0) is 30.5. The number of thioether (sulfide) groups is 1. The highest BCUT2D eigenvalue weighted by molar-refractivity contribution is 8.00. The molecule has 1 aliphatic rings. The molecule has 0 saturated heterocycles. The predicted molar refractivity (Wildman–Crippen MR) is 179 cm³/mol. The summed E-state index contributed by atoms with van der Waals surface area (Å²) in [5.41, 5.74) is 3.53. The van der Waals surface area contributed by atoms with Crippen molar-refractivity contribution in [1.82, 2.24) is 0 Å².